The Morgan fingerprint density at radius 3 is 0.518 bits per heavy atom. The van der Waals surface area contributed by atoms with Gasteiger partial charge in [-0.1, -0.05) is 389 Å². The molecule has 5 aromatic heterocycles. The van der Waals surface area contributed by atoms with Crippen LogP contribution in [0.25, 0.3) is 32.3 Å². The Morgan fingerprint density at radius 1 is 0.175 bits per heavy atom. The second-order valence-electron chi connectivity index (χ2n) is 52.7. The van der Waals surface area contributed by atoms with E-state index in [-0.39, 0.29) is 84.7 Å². The number of pyridine rings is 5. The minimum absolute atomic E-state index is 0.0568. The summed E-state index contributed by atoms with van der Waals surface area (Å²) < 4.78 is 25.6. The van der Waals surface area contributed by atoms with Crippen LogP contribution in [0.15, 0.2) is 190 Å². The Hall–Kier alpha value is -7.55. The maximum Gasteiger partial charge on any atom is 0.217 e. The first-order valence-electron chi connectivity index (χ1n) is 49.5. The minimum Gasteiger partial charge on any atom is -0.487 e. The van der Waals surface area contributed by atoms with Gasteiger partial charge in [-0.25, -0.2) is 24.9 Å². The average Bonchev–Trinajstić information content (AvgIpc) is 0.780. The summed E-state index contributed by atoms with van der Waals surface area (Å²) >= 11 is 7.43. The van der Waals surface area contributed by atoms with Crippen LogP contribution in [-0.4, -0.2) is 66.3 Å². The molecule has 11 rings (SSSR count). The van der Waals surface area contributed by atoms with E-state index < -0.39 is 0 Å². The van der Waals surface area contributed by atoms with E-state index in [1.165, 1.54) is 91.4 Å². The van der Waals surface area contributed by atoms with Gasteiger partial charge in [0.15, 0.2) is 0 Å². The molecule has 0 unspecified atom stereocenters. The smallest absolute Gasteiger partial charge is 0.217 e. The fourth-order valence-electron chi connectivity index (χ4n) is 14.1. The van der Waals surface area contributed by atoms with Gasteiger partial charge in [0, 0.05) is 85.9 Å². The molecule has 5 heterocycles. The predicted octanol–water partition coefficient (Wildman–Crippen LogP) is 38.1. The second kappa shape index (κ2) is 47.1. The quantitative estimate of drug-likeness (QED) is 0.135. The van der Waals surface area contributed by atoms with Crippen molar-refractivity contribution in [3.05, 3.63) is 243 Å². The highest BCUT2D eigenvalue weighted by Gasteiger charge is 2.33. The summed E-state index contributed by atoms with van der Waals surface area (Å²) in [5.74, 6) is 3.84. The highest BCUT2D eigenvalue weighted by atomic mass is 32.2. The number of aromatic nitrogens is 5. The molecule has 0 aliphatic rings. The normalized spacial score (nSPS) is 12.8. The average molecular weight is 1940 g/mol. The molecule has 0 atom stereocenters. The fraction of sp³-hybridized carbons (Fsp3) is 0.556. The molecule has 0 aliphatic heterocycles. The first-order chi connectivity index (χ1) is 61.5. The van der Waals surface area contributed by atoms with Gasteiger partial charge in [-0.2, -0.15) is 0 Å². The van der Waals surface area contributed by atoms with Crippen LogP contribution in [-0.2, 0) is 43.3 Å². The SMILES string of the molecule is CC(C)(C)Oc1c(C(C)(C)C)ccc2ccccc12.CC(C)(C)Oc1c(C(C)(C)C)ccc2ccccc12.CC(C)(C)Oc1c(C(C)(C)C)ccc2ccccc12.Cc1ccc(C(C)(C)C)c(OC(C)(C)C)n1.Cc1ccc(C(C)(C)C)c(SC(C)(C)C)n1.Cc1ccc(C(C)(C)C)c(SC(C)(C)C)n1.Cc1ccc(C(C)(C)C)c(SC(C)(C)C)n1.Cc1ccc(C(C)(C)C)c(SC(C)(C)C)n1. The number of hydrogen-bond donors (Lipinski definition) is 0. The van der Waals surface area contributed by atoms with E-state index in [2.05, 4.69) is 528 Å². The van der Waals surface area contributed by atoms with Crippen LogP contribution in [0.5, 0.6) is 23.1 Å². The summed E-state index contributed by atoms with van der Waals surface area (Å²) in [6.07, 6.45) is 0. The van der Waals surface area contributed by atoms with Crippen molar-refractivity contribution in [3.8, 4) is 23.1 Å². The van der Waals surface area contributed by atoms with Crippen LogP contribution in [0.3, 0.4) is 0 Å². The molecule has 13 heteroatoms. The number of aryl methyl sites for hydroxylation is 5. The van der Waals surface area contributed by atoms with Gasteiger partial charge in [-0.05, 0) is 230 Å². The monoisotopic (exact) mass is 1940 g/mol. The number of rotatable bonds is 8. The number of ether oxygens (including phenoxy) is 4. The maximum atomic E-state index is 6.27. The van der Waals surface area contributed by atoms with Crippen molar-refractivity contribution in [2.45, 2.75) is 472 Å². The molecule has 137 heavy (non-hydrogen) atoms. The number of nitrogens with zero attached hydrogens (tertiary/aromatic N) is 5. The molecule has 11 aromatic rings. The first-order valence-corrected chi connectivity index (χ1v) is 52.8. The number of thioether (sulfide) groups is 4. The van der Waals surface area contributed by atoms with Crippen molar-refractivity contribution in [1.82, 2.24) is 24.9 Å². The van der Waals surface area contributed by atoms with Crippen LogP contribution < -0.4 is 18.9 Å². The van der Waals surface area contributed by atoms with E-state index in [0.717, 1.165) is 57.2 Å². The minimum atomic E-state index is -0.208. The van der Waals surface area contributed by atoms with E-state index in [1.54, 1.807) is 0 Å². The summed E-state index contributed by atoms with van der Waals surface area (Å²) in [7, 11) is 0. The third-order valence-corrected chi connectivity index (χ3v) is 24.8. The standard InChI is InChI=1S/3C18H24O.C14H23NO.4C14H23NS/c3*1-17(2,3)15-12-11-13-9-7-8-10-14(13)16(15)19-18(4,5)6;5*1-10-8-9-11(13(2,3)4)12(15-10)16-14(5,6)7/h3*7-12H,1-6H3;5*8-9H,1-7H3. The molecule has 0 fully saturated rings. The summed E-state index contributed by atoms with van der Waals surface area (Å²) in [6.45, 7) is 115. The molecule has 0 saturated heterocycles. The first kappa shape index (κ1) is 122. The molecular formula is C124H187N5O4S4. The van der Waals surface area contributed by atoms with E-state index in [4.69, 9.17) is 18.9 Å². The lowest BCUT2D eigenvalue weighted by atomic mass is 9.84. The maximum absolute atomic E-state index is 6.27. The van der Waals surface area contributed by atoms with E-state index in [1.807, 2.05) is 80.8 Å². The summed E-state index contributed by atoms with van der Waals surface area (Å²) in [5, 5.41) is 12.0. The molecule has 0 saturated carbocycles. The topological polar surface area (TPSA) is 101 Å². The second-order valence-corrected chi connectivity index (χ2v) is 60.0. The van der Waals surface area contributed by atoms with Gasteiger partial charge in [-0.3, -0.25) is 0 Å². The third-order valence-electron chi connectivity index (χ3n) is 20.3. The zero-order chi connectivity index (χ0) is 106. The van der Waals surface area contributed by atoms with Crippen molar-refractivity contribution in [3.63, 3.8) is 0 Å². The fourth-order valence-corrected chi connectivity index (χ4v) is 19.1. The van der Waals surface area contributed by atoms with Gasteiger partial charge < -0.3 is 18.9 Å². The summed E-state index contributed by atoms with van der Waals surface area (Å²) in [6, 6.07) is 59.9. The highest BCUT2D eigenvalue weighted by Crippen LogP contribution is 2.47. The number of benzene rings is 6. The van der Waals surface area contributed by atoms with Gasteiger partial charge in [-0.15, -0.1) is 47.0 Å². The molecule has 0 radical (unpaired) electrons. The predicted molar refractivity (Wildman–Crippen MR) is 610 cm³/mol. The van der Waals surface area contributed by atoms with Crippen molar-refractivity contribution in [2.24, 2.45) is 0 Å². The van der Waals surface area contributed by atoms with Gasteiger partial charge in [0.1, 0.15) is 59.8 Å². The van der Waals surface area contributed by atoms with Crippen molar-refractivity contribution in [2.75, 3.05) is 0 Å². The highest BCUT2D eigenvalue weighted by molar-refractivity contribution is 8.01. The van der Waals surface area contributed by atoms with Gasteiger partial charge in [0.25, 0.3) is 0 Å². The number of hydrogen-bond acceptors (Lipinski definition) is 13. The largest absolute Gasteiger partial charge is 0.487 e. The zero-order valence-electron chi connectivity index (χ0n) is 96.2. The summed E-state index contributed by atoms with van der Waals surface area (Å²) in [4.78, 5) is 23.3. The van der Waals surface area contributed by atoms with Crippen LogP contribution in [0, 0.1) is 34.6 Å². The number of fused-ring (bicyclic) bond motifs is 3. The van der Waals surface area contributed by atoms with Crippen LogP contribution in [0.2, 0.25) is 0 Å². The molecule has 756 valence electrons. The van der Waals surface area contributed by atoms with Crippen molar-refractivity contribution >= 4 is 79.4 Å². The van der Waals surface area contributed by atoms with Crippen LogP contribution >= 0.6 is 47.0 Å². The molecule has 9 nitrogen and oxygen atoms in total. The van der Waals surface area contributed by atoms with E-state index in [0.29, 0.717) is 0 Å². The summed E-state index contributed by atoms with van der Waals surface area (Å²) in [5.41, 5.74) is 15.9. The van der Waals surface area contributed by atoms with E-state index in [9.17, 15) is 0 Å². The molecule has 0 N–H and O–H groups in total. The zero-order valence-corrected chi connectivity index (χ0v) is 99.4. The Morgan fingerprint density at radius 2 is 0.343 bits per heavy atom. The lowest BCUT2D eigenvalue weighted by Crippen LogP contribution is -2.26. The Bertz CT molecular complexity index is 5010. The Kier molecular flexibility index (Phi) is 41.9. The lowest BCUT2D eigenvalue weighted by molar-refractivity contribution is 0.120. The van der Waals surface area contributed by atoms with Gasteiger partial charge >= 0.3 is 0 Å². The lowest BCUT2D eigenvalue weighted by Gasteiger charge is -2.29. The van der Waals surface area contributed by atoms with Gasteiger partial charge in [0.05, 0.1) is 0 Å². The Labute approximate surface area is 854 Å². The van der Waals surface area contributed by atoms with Crippen LogP contribution in [0.4, 0.5) is 0 Å². The van der Waals surface area contributed by atoms with Crippen molar-refractivity contribution in [1.29, 1.82) is 0 Å². The third kappa shape index (κ3) is 43.4. The molecule has 6 aromatic carbocycles. The van der Waals surface area contributed by atoms with Crippen molar-refractivity contribution < 1.29 is 18.9 Å². The molecule has 0 amide bonds. The molecule has 0 bridgehead atoms. The molecular weight excluding hydrogens is 1750 g/mol. The van der Waals surface area contributed by atoms with Gasteiger partial charge in [0.2, 0.25) is 5.88 Å². The van der Waals surface area contributed by atoms with Crippen LogP contribution in [0.1, 0.15) is 405 Å². The Balaban J connectivity index is 0.000000327. The molecule has 0 aliphatic carbocycles. The molecule has 0 spiro atoms. The van der Waals surface area contributed by atoms with E-state index >= 15 is 0 Å².